The molecule has 7 nitrogen and oxygen atoms in total. The predicted molar refractivity (Wildman–Crippen MR) is 124 cm³/mol. The van der Waals surface area contributed by atoms with E-state index in [9.17, 15) is 22.8 Å². The van der Waals surface area contributed by atoms with E-state index in [1.165, 1.54) is 6.07 Å². The summed E-state index contributed by atoms with van der Waals surface area (Å²) in [5, 5.41) is 5.73. The standard InChI is InChI=1S/C24H27F3N4O3/c1-16(28-18-5-7-19(8-6-18)31-10-2-3-22(31)32)23(33)29-20-15-17(24(25,26)27)4-9-21(20)30-11-13-34-14-12-30/h4-9,15-16,28H,2-3,10-14H2,1H3,(H,29,33). The molecule has 0 radical (unpaired) electrons. The summed E-state index contributed by atoms with van der Waals surface area (Å²) in [5.74, 6) is -0.377. The third-order valence-electron chi connectivity index (χ3n) is 5.96. The topological polar surface area (TPSA) is 73.9 Å². The molecule has 0 bridgehead atoms. The Bertz CT molecular complexity index is 1040. The van der Waals surface area contributed by atoms with Gasteiger partial charge in [0.15, 0.2) is 0 Å². The fourth-order valence-electron chi connectivity index (χ4n) is 4.11. The Morgan fingerprint density at radius 1 is 1.06 bits per heavy atom. The Kier molecular flexibility index (Phi) is 6.97. The van der Waals surface area contributed by atoms with Crippen molar-refractivity contribution in [2.24, 2.45) is 0 Å². The average Bonchev–Trinajstić information content (AvgIpc) is 3.25. The molecule has 1 atom stereocenters. The van der Waals surface area contributed by atoms with Gasteiger partial charge in [-0.05, 0) is 55.8 Å². The van der Waals surface area contributed by atoms with E-state index in [4.69, 9.17) is 4.74 Å². The first-order valence-electron chi connectivity index (χ1n) is 11.2. The van der Waals surface area contributed by atoms with E-state index in [0.29, 0.717) is 50.6 Å². The van der Waals surface area contributed by atoms with Crippen molar-refractivity contribution in [1.29, 1.82) is 0 Å². The number of benzene rings is 2. The SMILES string of the molecule is CC(Nc1ccc(N2CCCC2=O)cc1)C(=O)Nc1cc(C(F)(F)F)ccc1N1CCOCC1. The summed E-state index contributed by atoms with van der Waals surface area (Å²) in [7, 11) is 0. The molecule has 2 aromatic carbocycles. The predicted octanol–water partition coefficient (Wildman–Crippen LogP) is 4.11. The van der Waals surface area contributed by atoms with Gasteiger partial charge in [0.25, 0.3) is 0 Å². The monoisotopic (exact) mass is 476 g/mol. The molecule has 2 fully saturated rings. The van der Waals surface area contributed by atoms with E-state index >= 15 is 0 Å². The number of halogens is 3. The number of amides is 2. The first-order chi connectivity index (χ1) is 16.2. The van der Waals surface area contributed by atoms with Gasteiger partial charge in [0.05, 0.1) is 30.2 Å². The Morgan fingerprint density at radius 3 is 2.38 bits per heavy atom. The second kappa shape index (κ2) is 9.92. The molecule has 2 aromatic rings. The summed E-state index contributed by atoms with van der Waals surface area (Å²) in [4.78, 5) is 28.4. The summed E-state index contributed by atoms with van der Waals surface area (Å²) < 4.78 is 45.3. The molecule has 10 heteroatoms. The lowest BCUT2D eigenvalue weighted by Crippen LogP contribution is -2.37. The van der Waals surface area contributed by atoms with Crippen LogP contribution in [0.1, 0.15) is 25.3 Å². The quantitative estimate of drug-likeness (QED) is 0.657. The number of ether oxygens (including phenoxy) is 1. The van der Waals surface area contributed by atoms with Crippen molar-refractivity contribution in [2.75, 3.05) is 53.3 Å². The smallest absolute Gasteiger partial charge is 0.378 e. The second-order valence-corrected chi connectivity index (χ2v) is 8.38. The first-order valence-corrected chi connectivity index (χ1v) is 11.2. The highest BCUT2D eigenvalue weighted by atomic mass is 19.4. The zero-order valence-electron chi connectivity index (χ0n) is 18.8. The van der Waals surface area contributed by atoms with Crippen LogP contribution in [0.2, 0.25) is 0 Å². The Morgan fingerprint density at radius 2 is 1.76 bits per heavy atom. The Labute approximate surface area is 195 Å². The highest BCUT2D eigenvalue weighted by Crippen LogP contribution is 2.36. The molecule has 34 heavy (non-hydrogen) atoms. The van der Waals surface area contributed by atoms with E-state index in [0.717, 1.165) is 24.2 Å². The maximum Gasteiger partial charge on any atom is 0.416 e. The van der Waals surface area contributed by atoms with Gasteiger partial charge in [0, 0.05) is 37.4 Å². The zero-order valence-corrected chi connectivity index (χ0v) is 18.8. The van der Waals surface area contributed by atoms with Crippen LogP contribution in [0.3, 0.4) is 0 Å². The molecule has 4 rings (SSSR count). The Hall–Kier alpha value is -3.27. The number of nitrogens with one attached hydrogen (secondary N) is 2. The molecule has 182 valence electrons. The van der Waals surface area contributed by atoms with E-state index in [-0.39, 0.29) is 11.6 Å². The van der Waals surface area contributed by atoms with Crippen LogP contribution in [-0.4, -0.2) is 50.7 Å². The number of carbonyl (C=O) groups is 2. The average molecular weight is 476 g/mol. The molecule has 2 heterocycles. The van der Waals surface area contributed by atoms with Crippen molar-refractivity contribution in [3.8, 4) is 0 Å². The van der Waals surface area contributed by atoms with E-state index in [1.807, 2.05) is 4.90 Å². The van der Waals surface area contributed by atoms with E-state index in [2.05, 4.69) is 10.6 Å². The summed E-state index contributed by atoms with van der Waals surface area (Å²) in [6, 6.07) is 9.82. The maximum atomic E-state index is 13.3. The van der Waals surface area contributed by atoms with Gasteiger partial charge in [-0.15, -0.1) is 0 Å². The van der Waals surface area contributed by atoms with Crippen LogP contribution in [0.15, 0.2) is 42.5 Å². The lowest BCUT2D eigenvalue weighted by Gasteiger charge is -2.31. The van der Waals surface area contributed by atoms with Crippen LogP contribution in [0.4, 0.5) is 35.9 Å². The van der Waals surface area contributed by atoms with Crippen molar-refractivity contribution in [1.82, 2.24) is 0 Å². The molecule has 0 aromatic heterocycles. The van der Waals surface area contributed by atoms with Crippen molar-refractivity contribution in [3.63, 3.8) is 0 Å². The third-order valence-corrected chi connectivity index (χ3v) is 5.96. The van der Waals surface area contributed by atoms with Crippen LogP contribution in [0.25, 0.3) is 0 Å². The normalized spacial score (nSPS) is 17.6. The fraction of sp³-hybridized carbons (Fsp3) is 0.417. The van der Waals surface area contributed by atoms with Crippen molar-refractivity contribution in [3.05, 3.63) is 48.0 Å². The minimum absolute atomic E-state index is 0.0885. The van der Waals surface area contributed by atoms with Crippen LogP contribution in [0.5, 0.6) is 0 Å². The van der Waals surface area contributed by atoms with E-state index in [1.54, 1.807) is 36.1 Å². The van der Waals surface area contributed by atoms with Crippen LogP contribution in [-0.2, 0) is 20.5 Å². The minimum atomic E-state index is -4.52. The van der Waals surface area contributed by atoms with Crippen molar-refractivity contribution < 1.29 is 27.5 Å². The van der Waals surface area contributed by atoms with Gasteiger partial charge in [0.2, 0.25) is 11.8 Å². The van der Waals surface area contributed by atoms with Crippen molar-refractivity contribution >= 4 is 34.6 Å². The number of carbonyl (C=O) groups excluding carboxylic acids is 2. The molecular weight excluding hydrogens is 449 g/mol. The number of alkyl halides is 3. The summed E-state index contributed by atoms with van der Waals surface area (Å²) in [6.07, 6.45) is -3.15. The first kappa shape index (κ1) is 23.9. The summed E-state index contributed by atoms with van der Waals surface area (Å²) >= 11 is 0. The van der Waals surface area contributed by atoms with Gasteiger partial charge in [-0.1, -0.05) is 0 Å². The molecule has 2 saturated heterocycles. The van der Waals surface area contributed by atoms with Gasteiger partial charge in [-0.3, -0.25) is 9.59 Å². The van der Waals surface area contributed by atoms with Gasteiger partial charge in [-0.2, -0.15) is 13.2 Å². The van der Waals surface area contributed by atoms with Gasteiger partial charge >= 0.3 is 6.18 Å². The zero-order chi connectivity index (χ0) is 24.3. The van der Waals surface area contributed by atoms with Gasteiger partial charge in [0.1, 0.15) is 6.04 Å². The molecular formula is C24H27F3N4O3. The largest absolute Gasteiger partial charge is 0.416 e. The molecule has 2 aliphatic heterocycles. The van der Waals surface area contributed by atoms with Gasteiger partial charge in [-0.25, -0.2) is 0 Å². The lowest BCUT2D eigenvalue weighted by molar-refractivity contribution is -0.137. The molecule has 1 unspecified atom stereocenters. The third kappa shape index (κ3) is 5.44. The molecule has 2 amide bonds. The number of hydrogen-bond donors (Lipinski definition) is 2. The van der Waals surface area contributed by atoms with Crippen molar-refractivity contribution in [2.45, 2.75) is 32.0 Å². The molecule has 2 aliphatic rings. The maximum absolute atomic E-state index is 13.3. The minimum Gasteiger partial charge on any atom is -0.378 e. The number of rotatable bonds is 6. The van der Waals surface area contributed by atoms with Crippen LogP contribution >= 0.6 is 0 Å². The molecule has 0 saturated carbocycles. The highest BCUT2D eigenvalue weighted by Gasteiger charge is 2.32. The number of hydrogen-bond acceptors (Lipinski definition) is 5. The lowest BCUT2D eigenvalue weighted by atomic mass is 10.1. The number of anilines is 4. The highest BCUT2D eigenvalue weighted by molar-refractivity contribution is 5.99. The fourth-order valence-corrected chi connectivity index (χ4v) is 4.11. The molecule has 2 N–H and O–H groups in total. The second-order valence-electron chi connectivity index (χ2n) is 8.38. The molecule has 0 spiro atoms. The number of nitrogens with zero attached hydrogens (tertiary/aromatic N) is 2. The summed E-state index contributed by atoms with van der Waals surface area (Å²) in [6.45, 7) is 4.29. The van der Waals surface area contributed by atoms with Crippen LogP contribution in [0, 0.1) is 0 Å². The van der Waals surface area contributed by atoms with Gasteiger partial charge < -0.3 is 25.2 Å². The van der Waals surface area contributed by atoms with Crippen LogP contribution < -0.4 is 20.4 Å². The number of morpholine rings is 1. The van der Waals surface area contributed by atoms with E-state index < -0.39 is 23.7 Å². The summed E-state index contributed by atoms with van der Waals surface area (Å²) in [5.41, 5.74) is 1.27. The molecule has 0 aliphatic carbocycles. The Balaban J connectivity index is 1.47.